The molecular formula is HB2NO. The van der Waals surface area contributed by atoms with Crippen LogP contribution in [0.4, 0.5) is 0 Å². The van der Waals surface area contributed by atoms with E-state index in [2.05, 4.69) is 12.8 Å². The van der Waals surface area contributed by atoms with Crippen molar-refractivity contribution >= 4 is 15.0 Å². The third kappa shape index (κ3) is 1.73. The van der Waals surface area contributed by atoms with Gasteiger partial charge in [-0.05, 0) is 0 Å². The molecule has 0 saturated heterocycles. The molecule has 0 aliphatic carbocycles. The van der Waals surface area contributed by atoms with E-state index in [0.717, 1.165) is 0 Å². The van der Waals surface area contributed by atoms with E-state index in [0.29, 0.717) is 0 Å². The van der Waals surface area contributed by atoms with Gasteiger partial charge in [-0.15, -0.1) is 0 Å². The Hall–Kier alpha value is -0.270. The van der Waals surface area contributed by atoms with Crippen molar-refractivity contribution in [2.24, 2.45) is 5.09 Å². The first-order valence-electron chi connectivity index (χ1n) is 0.907. The highest BCUT2D eigenvalue weighted by Crippen LogP contribution is 1.39. The molecule has 18 valence electrons. The molecule has 2 nitrogen and oxygen atoms in total. The Morgan fingerprint density at radius 1 is 2.00 bits per heavy atom. The summed E-state index contributed by atoms with van der Waals surface area (Å²) >= 11 is 0. The number of hydrogen-bond donors (Lipinski definition) is 0. The van der Waals surface area contributed by atoms with Crippen LogP contribution in [0, 0.1) is 4.91 Å². The van der Waals surface area contributed by atoms with Crippen LogP contribution in [0.25, 0.3) is 0 Å². The number of hydrogen-bond acceptors (Lipinski definition) is 2. The smallest absolute Gasteiger partial charge is 0.169 e. The minimum atomic E-state index is -0.111. The lowest BCUT2D eigenvalue weighted by atomic mass is 9.69. The Morgan fingerprint density at radius 3 is 2.25 bits per heavy atom. The summed E-state index contributed by atoms with van der Waals surface area (Å²) in [7, 11) is 4.44. The van der Waals surface area contributed by atoms with Gasteiger partial charge >= 0.3 is 0 Å². The standard InChI is InChI=1S/B2HNO/c1-2-3-4/h2H. The van der Waals surface area contributed by atoms with Crippen LogP contribution in [0.5, 0.6) is 0 Å². The van der Waals surface area contributed by atoms with Crippen LogP contribution in [0.15, 0.2) is 5.09 Å². The second kappa shape index (κ2) is 2.73. The zero-order chi connectivity index (χ0) is 3.41. The second-order valence-corrected chi connectivity index (χ2v) is 0.312. The average molecular weight is 52.6 g/mol. The third-order valence-corrected chi connectivity index (χ3v) is 0.0745. The van der Waals surface area contributed by atoms with Crippen LogP contribution in [0.2, 0.25) is 0 Å². The minimum absolute atomic E-state index is 0.111. The number of nitrogens with zero attached hydrogens (tertiary/aromatic N) is 1. The Kier molecular flexibility index (Phi) is 2.55. The lowest BCUT2D eigenvalue weighted by Gasteiger charge is -1.47. The molecule has 2 radical (unpaired) electrons. The van der Waals surface area contributed by atoms with E-state index in [4.69, 9.17) is 4.91 Å². The maximum absolute atomic E-state index is 8.80. The normalized spacial score (nSPS) is 5.00. The van der Waals surface area contributed by atoms with Gasteiger partial charge in [-0.3, -0.25) is 0 Å². The molecule has 0 bridgehead atoms. The van der Waals surface area contributed by atoms with Crippen molar-refractivity contribution in [3.63, 3.8) is 0 Å². The summed E-state index contributed by atoms with van der Waals surface area (Å²) in [6, 6.07) is 0. The highest BCUT2D eigenvalue weighted by Gasteiger charge is 1.60. The topological polar surface area (TPSA) is 29.4 Å². The number of rotatable bonds is 1. The molecule has 0 heterocycles. The molecule has 0 saturated carbocycles. The molecule has 0 spiro atoms. The van der Waals surface area contributed by atoms with Crippen molar-refractivity contribution in [3.05, 3.63) is 4.91 Å². The maximum Gasteiger partial charge on any atom is 0.266 e. The first kappa shape index (κ1) is 3.73. The predicted octanol–water partition coefficient (Wildman–Crippen LogP) is -0.812. The monoisotopic (exact) mass is 53.0 g/mol. The largest absolute Gasteiger partial charge is 0.266 e. The van der Waals surface area contributed by atoms with Gasteiger partial charge in [0.05, 0.1) is 7.74 Å². The van der Waals surface area contributed by atoms with Crippen LogP contribution in [-0.2, 0) is 0 Å². The van der Waals surface area contributed by atoms with Crippen molar-refractivity contribution in [2.75, 3.05) is 0 Å². The van der Waals surface area contributed by atoms with E-state index in [1.807, 2.05) is 0 Å². The van der Waals surface area contributed by atoms with Crippen LogP contribution in [0.1, 0.15) is 0 Å². The highest BCUT2D eigenvalue weighted by molar-refractivity contribution is 6.88. The molecule has 0 rings (SSSR count). The Morgan fingerprint density at radius 2 is 2.25 bits per heavy atom. The van der Waals surface area contributed by atoms with Gasteiger partial charge < -0.3 is 0 Å². The molecule has 0 unspecified atom stereocenters. The molecule has 0 fully saturated rings. The first-order valence-corrected chi connectivity index (χ1v) is 0.907. The molecule has 0 N–H and O–H groups in total. The number of nitroso groups, excluding NO2 is 1. The van der Waals surface area contributed by atoms with Crippen LogP contribution in [-0.4, -0.2) is 15.0 Å². The molecule has 0 aromatic heterocycles. The highest BCUT2D eigenvalue weighted by atomic mass is 16.2. The van der Waals surface area contributed by atoms with Gasteiger partial charge in [0.25, 0.3) is 7.31 Å². The summed E-state index contributed by atoms with van der Waals surface area (Å²) in [4.78, 5) is 8.80. The Bertz CT molecular complexity index is 20.0. The zero-order valence-electron chi connectivity index (χ0n) is 2.14. The fourth-order valence-corrected chi connectivity index (χ4v) is 0. The van der Waals surface area contributed by atoms with Gasteiger partial charge in [0.1, 0.15) is 0 Å². The molecular weight excluding hydrogens is 51.6 g/mol. The summed E-state index contributed by atoms with van der Waals surface area (Å²) < 4.78 is 0. The van der Waals surface area contributed by atoms with Crippen LogP contribution >= 0.6 is 0 Å². The Labute approximate surface area is 26.2 Å². The summed E-state index contributed by atoms with van der Waals surface area (Å²) in [6.45, 7) is 0. The average Bonchev–Trinajstić information content (AvgIpc) is 1.37. The first-order chi connectivity index (χ1) is 1.91. The van der Waals surface area contributed by atoms with Gasteiger partial charge in [-0.2, -0.15) is 9.99 Å². The van der Waals surface area contributed by atoms with Gasteiger partial charge in [0.2, 0.25) is 0 Å². The van der Waals surface area contributed by atoms with E-state index in [9.17, 15) is 0 Å². The molecule has 4 heavy (non-hydrogen) atoms. The zero-order valence-corrected chi connectivity index (χ0v) is 2.14. The molecule has 0 aromatic carbocycles. The van der Waals surface area contributed by atoms with Crippen molar-refractivity contribution in [1.82, 2.24) is 0 Å². The fraction of sp³-hybridized carbons (Fsp3) is 0. The van der Waals surface area contributed by atoms with Crippen molar-refractivity contribution in [3.8, 4) is 0 Å². The second-order valence-electron chi connectivity index (χ2n) is 0.312. The predicted molar refractivity (Wildman–Crippen MR) is 18.7 cm³/mol. The summed E-state index contributed by atoms with van der Waals surface area (Å²) in [5.74, 6) is 0. The van der Waals surface area contributed by atoms with E-state index >= 15 is 0 Å². The summed E-state index contributed by atoms with van der Waals surface area (Å²) in [5.41, 5.74) is 0. The van der Waals surface area contributed by atoms with Gasteiger partial charge in [-0.25, -0.2) is 0 Å². The molecule has 0 amide bonds. The van der Waals surface area contributed by atoms with Gasteiger partial charge in [0.15, 0.2) is 0 Å². The lowest BCUT2D eigenvalue weighted by molar-refractivity contribution is 1.83. The van der Waals surface area contributed by atoms with Crippen molar-refractivity contribution < 1.29 is 0 Å². The minimum Gasteiger partial charge on any atom is -0.169 e. The molecule has 0 aliphatic rings. The summed E-state index contributed by atoms with van der Waals surface area (Å²) in [6.07, 6.45) is 0. The van der Waals surface area contributed by atoms with E-state index < -0.39 is 0 Å². The van der Waals surface area contributed by atoms with E-state index in [-0.39, 0.29) is 7.31 Å². The Balaban J connectivity index is 2.30. The van der Waals surface area contributed by atoms with Gasteiger partial charge in [0, 0.05) is 0 Å². The van der Waals surface area contributed by atoms with Crippen molar-refractivity contribution in [2.45, 2.75) is 0 Å². The van der Waals surface area contributed by atoms with Crippen LogP contribution < -0.4 is 0 Å². The lowest BCUT2D eigenvalue weighted by Crippen LogP contribution is -1.73. The summed E-state index contributed by atoms with van der Waals surface area (Å²) in [5, 5.41) is 2.26. The molecule has 4 heteroatoms. The quantitative estimate of drug-likeness (QED) is 0.283. The third-order valence-electron chi connectivity index (χ3n) is 0.0745. The molecule has 0 atom stereocenters. The SMILES string of the molecule is [B]BN=O. The van der Waals surface area contributed by atoms with E-state index in [1.54, 1.807) is 0 Å². The van der Waals surface area contributed by atoms with Crippen LogP contribution in [0.3, 0.4) is 0 Å². The van der Waals surface area contributed by atoms with E-state index in [1.165, 1.54) is 0 Å². The maximum atomic E-state index is 8.80. The molecule has 0 aliphatic heterocycles. The fourth-order valence-electron chi connectivity index (χ4n) is 0. The van der Waals surface area contributed by atoms with Gasteiger partial charge in [-0.1, -0.05) is 0 Å². The van der Waals surface area contributed by atoms with Crippen molar-refractivity contribution in [1.29, 1.82) is 0 Å². The molecule has 0 aromatic rings.